The number of rotatable bonds is 3. The van der Waals surface area contributed by atoms with Gasteiger partial charge < -0.3 is 5.11 Å². The molecule has 0 aliphatic heterocycles. The van der Waals surface area contributed by atoms with Crippen LogP contribution in [0.2, 0.25) is 5.02 Å². The fourth-order valence-electron chi connectivity index (χ4n) is 4.85. The van der Waals surface area contributed by atoms with Crippen LogP contribution < -0.4 is 0 Å². The Morgan fingerprint density at radius 1 is 1.21 bits per heavy atom. The molecule has 4 atom stereocenters. The normalized spacial score (nSPS) is 25.2. The molecule has 2 aliphatic carbocycles. The van der Waals surface area contributed by atoms with Crippen LogP contribution in [-0.2, 0) is 11.2 Å². The molecule has 0 saturated heterocycles. The molecule has 2 aliphatic rings. The molecule has 0 unspecified atom stereocenters. The van der Waals surface area contributed by atoms with Gasteiger partial charge in [-0.1, -0.05) is 17.7 Å². The van der Waals surface area contributed by atoms with Gasteiger partial charge in [0.05, 0.1) is 18.1 Å². The molecule has 4 rings (SSSR count). The Morgan fingerprint density at radius 2 is 1.97 bits per heavy atom. The van der Waals surface area contributed by atoms with Gasteiger partial charge in [-0.25, -0.2) is 13.2 Å². The Balaban J connectivity index is 1.89. The third-order valence-electron chi connectivity index (χ3n) is 6.01. The fraction of sp³-hybridized carbons (Fsp3) is 0.364. The standard InChI is InChI=1S/C22H17ClF3NO2/c23-17-3-1-12(14-7-19(26)16(22(14)17)8-20(28)29)13-2-4-18(25)15-6-11(24)5-10(9-27)21(13)15/h1,3,5-6,13,16,18-19H,2,4,7-8H2,(H,28,29)/t13-,16-,18+,19-/m1/s1. The first kappa shape index (κ1) is 19.8. The van der Waals surface area contributed by atoms with Crippen molar-refractivity contribution in [3.05, 3.63) is 68.5 Å². The number of aliphatic carboxylic acids is 1. The lowest BCUT2D eigenvalue weighted by atomic mass is 9.74. The lowest BCUT2D eigenvalue weighted by Crippen LogP contribution is -2.17. The van der Waals surface area contributed by atoms with Gasteiger partial charge in [-0.2, -0.15) is 5.26 Å². The minimum Gasteiger partial charge on any atom is -0.481 e. The molecule has 1 N–H and O–H groups in total. The van der Waals surface area contributed by atoms with Crippen LogP contribution in [0.15, 0.2) is 24.3 Å². The molecule has 0 aromatic heterocycles. The molecule has 2 aromatic carbocycles. The van der Waals surface area contributed by atoms with Crippen LogP contribution >= 0.6 is 11.6 Å². The maximum Gasteiger partial charge on any atom is 0.304 e. The van der Waals surface area contributed by atoms with E-state index in [0.717, 1.165) is 12.1 Å². The zero-order valence-electron chi connectivity index (χ0n) is 15.3. The van der Waals surface area contributed by atoms with Gasteiger partial charge in [0.1, 0.15) is 18.2 Å². The fourth-order valence-corrected chi connectivity index (χ4v) is 5.17. The molecule has 0 amide bonds. The topological polar surface area (TPSA) is 61.1 Å². The Bertz CT molecular complexity index is 1050. The number of carbonyl (C=O) groups is 1. The smallest absolute Gasteiger partial charge is 0.304 e. The molecule has 3 nitrogen and oxygen atoms in total. The third kappa shape index (κ3) is 3.28. The summed E-state index contributed by atoms with van der Waals surface area (Å²) in [6.07, 6.45) is -2.60. The molecule has 150 valence electrons. The number of alkyl halides is 2. The number of hydrogen-bond acceptors (Lipinski definition) is 2. The van der Waals surface area contributed by atoms with Gasteiger partial charge in [0, 0.05) is 23.3 Å². The molecular formula is C22H17ClF3NO2. The molecule has 29 heavy (non-hydrogen) atoms. The molecule has 0 radical (unpaired) electrons. The predicted molar refractivity (Wildman–Crippen MR) is 101 cm³/mol. The van der Waals surface area contributed by atoms with E-state index in [1.165, 1.54) is 0 Å². The van der Waals surface area contributed by atoms with Crippen LogP contribution in [0, 0.1) is 17.1 Å². The van der Waals surface area contributed by atoms with Crippen molar-refractivity contribution >= 4 is 17.6 Å². The third-order valence-corrected chi connectivity index (χ3v) is 6.34. The second kappa shape index (κ2) is 7.38. The van der Waals surface area contributed by atoms with Crippen LogP contribution in [0.1, 0.15) is 70.7 Å². The SMILES string of the molecule is N#Cc1cc(F)cc2c1[C@@H](c1ccc(Cl)c3c1C[C@@H](F)[C@H]3CC(=O)O)CC[C@@H]2F. The Hall–Kier alpha value is -2.52. The van der Waals surface area contributed by atoms with Crippen molar-refractivity contribution in [3.8, 4) is 6.07 Å². The van der Waals surface area contributed by atoms with E-state index in [9.17, 15) is 23.2 Å². The van der Waals surface area contributed by atoms with Crippen LogP contribution in [0.3, 0.4) is 0 Å². The van der Waals surface area contributed by atoms with E-state index < -0.39 is 36.0 Å². The van der Waals surface area contributed by atoms with Crippen molar-refractivity contribution in [3.63, 3.8) is 0 Å². The Labute approximate surface area is 170 Å². The molecule has 0 saturated carbocycles. The average molecular weight is 420 g/mol. The molecule has 7 heteroatoms. The lowest BCUT2D eigenvalue weighted by Gasteiger charge is -2.31. The Morgan fingerprint density at radius 3 is 2.66 bits per heavy atom. The van der Waals surface area contributed by atoms with E-state index in [2.05, 4.69) is 0 Å². The van der Waals surface area contributed by atoms with Crippen LogP contribution in [0.4, 0.5) is 13.2 Å². The van der Waals surface area contributed by atoms with Crippen LogP contribution in [0.25, 0.3) is 0 Å². The zero-order chi connectivity index (χ0) is 20.9. The number of nitriles is 1. The molecule has 0 spiro atoms. The highest BCUT2D eigenvalue weighted by atomic mass is 35.5. The van der Waals surface area contributed by atoms with Gasteiger partial charge in [-0.3, -0.25) is 4.79 Å². The number of halogens is 4. The van der Waals surface area contributed by atoms with Crippen molar-refractivity contribution in [2.45, 2.75) is 49.9 Å². The van der Waals surface area contributed by atoms with Crippen LogP contribution in [0.5, 0.6) is 0 Å². The van der Waals surface area contributed by atoms with E-state index in [1.807, 2.05) is 6.07 Å². The van der Waals surface area contributed by atoms with Crippen molar-refractivity contribution in [1.29, 1.82) is 5.26 Å². The minimum absolute atomic E-state index is 0.0111. The summed E-state index contributed by atoms with van der Waals surface area (Å²) in [6, 6.07) is 7.49. The Kier molecular flexibility index (Phi) is 5.04. The summed E-state index contributed by atoms with van der Waals surface area (Å²) in [5.41, 5.74) is 2.44. The summed E-state index contributed by atoms with van der Waals surface area (Å²) < 4.78 is 43.2. The number of fused-ring (bicyclic) bond motifs is 2. The summed E-state index contributed by atoms with van der Waals surface area (Å²) in [4.78, 5) is 11.2. The van der Waals surface area contributed by atoms with Crippen molar-refractivity contribution < 1.29 is 23.1 Å². The molecular weight excluding hydrogens is 403 g/mol. The summed E-state index contributed by atoms with van der Waals surface area (Å²) in [7, 11) is 0. The van der Waals surface area contributed by atoms with E-state index in [1.54, 1.807) is 12.1 Å². The molecule has 0 fully saturated rings. The van der Waals surface area contributed by atoms with Gasteiger partial charge in [0.2, 0.25) is 0 Å². The average Bonchev–Trinajstić information content (AvgIpc) is 2.99. The first-order valence-corrected chi connectivity index (χ1v) is 9.74. The lowest BCUT2D eigenvalue weighted by molar-refractivity contribution is -0.137. The zero-order valence-corrected chi connectivity index (χ0v) is 16.0. The van der Waals surface area contributed by atoms with Crippen molar-refractivity contribution in [2.75, 3.05) is 0 Å². The number of hydrogen-bond donors (Lipinski definition) is 1. The molecule has 0 heterocycles. The maximum absolute atomic E-state index is 14.7. The second-order valence-corrected chi connectivity index (χ2v) is 8.03. The first-order valence-electron chi connectivity index (χ1n) is 9.36. The highest BCUT2D eigenvalue weighted by Gasteiger charge is 2.40. The van der Waals surface area contributed by atoms with Gasteiger partial charge >= 0.3 is 5.97 Å². The maximum atomic E-state index is 14.7. The van der Waals surface area contributed by atoms with E-state index in [-0.39, 0.29) is 30.4 Å². The highest BCUT2D eigenvalue weighted by molar-refractivity contribution is 6.31. The molecule has 2 aromatic rings. The van der Waals surface area contributed by atoms with Gasteiger partial charge in [-0.05, 0) is 58.9 Å². The summed E-state index contributed by atoms with van der Waals surface area (Å²) >= 11 is 6.31. The predicted octanol–water partition coefficient (Wildman–Crippen LogP) is 5.74. The monoisotopic (exact) mass is 419 g/mol. The van der Waals surface area contributed by atoms with Crippen molar-refractivity contribution in [2.24, 2.45) is 0 Å². The minimum atomic E-state index is -1.39. The highest BCUT2D eigenvalue weighted by Crippen LogP contribution is 2.50. The van der Waals surface area contributed by atoms with Gasteiger partial charge in [-0.15, -0.1) is 0 Å². The van der Waals surface area contributed by atoms with E-state index in [4.69, 9.17) is 16.7 Å². The van der Waals surface area contributed by atoms with E-state index >= 15 is 0 Å². The molecule has 0 bridgehead atoms. The number of benzene rings is 2. The van der Waals surface area contributed by atoms with Crippen LogP contribution in [-0.4, -0.2) is 17.2 Å². The summed E-state index contributed by atoms with van der Waals surface area (Å²) in [5.74, 6) is -3.04. The van der Waals surface area contributed by atoms with Crippen molar-refractivity contribution in [1.82, 2.24) is 0 Å². The van der Waals surface area contributed by atoms with Gasteiger partial charge in [0.25, 0.3) is 0 Å². The largest absolute Gasteiger partial charge is 0.481 e. The summed E-state index contributed by atoms with van der Waals surface area (Å²) in [6.45, 7) is 0. The first-order chi connectivity index (χ1) is 13.8. The van der Waals surface area contributed by atoms with Gasteiger partial charge in [0.15, 0.2) is 0 Å². The van der Waals surface area contributed by atoms with E-state index in [0.29, 0.717) is 33.7 Å². The number of carboxylic acids is 1. The number of nitrogens with zero attached hydrogens (tertiary/aromatic N) is 1. The second-order valence-electron chi connectivity index (χ2n) is 7.62. The summed E-state index contributed by atoms with van der Waals surface area (Å²) in [5, 5.41) is 19.0. The number of carboxylic acid groups (broad SMARTS) is 1. The quantitative estimate of drug-likeness (QED) is 0.690.